The smallest absolute Gasteiger partial charge is 0.161 e. The Kier molecular flexibility index (Phi) is 2.39. The maximum Gasteiger partial charge on any atom is 0.161 e. The molecule has 0 saturated heterocycles. The molecule has 13 heavy (non-hydrogen) atoms. The number of unbranched alkanes of at least 4 members (excludes halogenated alkanes) is 1. The highest BCUT2D eigenvalue weighted by molar-refractivity contribution is 5.60. The van der Waals surface area contributed by atoms with Crippen LogP contribution in [-0.2, 0) is 0 Å². The number of hydrogen-bond acceptors (Lipinski definition) is 2. The van der Waals surface area contributed by atoms with Crippen LogP contribution in [0, 0.1) is 0 Å². The fourth-order valence-electron chi connectivity index (χ4n) is 1.59. The van der Waals surface area contributed by atoms with Gasteiger partial charge in [0.25, 0.3) is 0 Å². The highest BCUT2D eigenvalue weighted by Crippen LogP contribution is 2.33. The third-order valence-corrected chi connectivity index (χ3v) is 2.36. The zero-order valence-electron chi connectivity index (χ0n) is 7.99. The van der Waals surface area contributed by atoms with Gasteiger partial charge in [-0.05, 0) is 18.6 Å². The number of anilines is 1. The number of fused-ring (bicyclic) bond motifs is 1. The molecule has 0 bridgehead atoms. The molecule has 0 aliphatic carbocycles. The van der Waals surface area contributed by atoms with Crippen LogP contribution in [-0.4, -0.2) is 13.3 Å². The number of hydrogen-bond donors (Lipinski definition) is 0. The van der Waals surface area contributed by atoms with Crippen molar-refractivity contribution in [3.8, 4) is 5.75 Å². The van der Waals surface area contributed by atoms with Crippen molar-refractivity contribution in [2.75, 3.05) is 18.2 Å². The first-order valence-corrected chi connectivity index (χ1v) is 4.88. The van der Waals surface area contributed by atoms with Crippen molar-refractivity contribution in [3.05, 3.63) is 24.3 Å². The van der Waals surface area contributed by atoms with Crippen LogP contribution in [0.2, 0.25) is 0 Å². The molecule has 2 heteroatoms. The van der Waals surface area contributed by atoms with Crippen molar-refractivity contribution in [3.63, 3.8) is 0 Å². The second kappa shape index (κ2) is 3.69. The van der Waals surface area contributed by atoms with E-state index in [9.17, 15) is 0 Å². The molecule has 2 rings (SSSR count). The maximum atomic E-state index is 5.53. The second-order valence-corrected chi connectivity index (χ2v) is 3.36. The molecule has 0 unspecified atom stereocenters. The van der Waals surface area contributed by atoms with Gasteiger partial charge in [0, 0.05) is 6.54 Å². The summed E-state index contributed by atoms with van der Waals surface area (Å²) in [4.78, 5) is 2.29. The average Bonchev–Trinajstić information content (AvgIpc) is 2.58. The molecule has 0 N–H and O–H groups in total. The molecular weight excluding hydrogens is 162 g/mol. The van der Waals surface area contributed by atoms with Crippen molar-refractivity contribution in [2.45, 2.75) is 19.8 Å². The number of rotatable bonds is 3. The summed E-state index contributed by atoms with van der Waals surface area (Å²) in [6.45, 7) is 4.04. The van der Waals surface area contributed by atoms with E-state index in [2.05, 4.69) is 24.0 Å². The van der Waals surface area contributed by atoms with Gasteiger partial charge in [-0.15, -0.1) is 0 Å². The fourth-order valence-corrected chi connectivity index (χ4v) is 1.59. The fraction of sp³-hybridized carbons (Fsp3) is 0.455. The van der Waals surface area contributed by atoms with E-state index in [0.29, 0.717) is 0 Å². The molecular formula is C11H15NO. The number of nitrogens with zero attached hydrogens (tertiary/aromatic N) is 1. The minimum Gasteiger partial charge on any atom is -0.471 e. The molecule has 70 valence electrons. The van der Waals surface area contributed by atoms with Gasteiger partial charge in [-0.25, -0.2) is 0 Å². The Morgan fingerprint density at radius 3 is 3.08 bits per heavy atom. The van der Waals surface area contributed by atoms with Gasteiger partial charge in [0.1, 0.15) is 5.75 Å². The van der Waals surface area contributed by atoms with Gasteiger partial charge >= 0.3 is 0 Å². The minimum atomic E-state index is 0.722. The van der Waals surface area contributed by atoms with Crippen molar-refractivity contribution in [1.29, 1.82) is 0 Å². The Labute approximate surface area is 79.1 Å². The third-order valence-electron chi connectivity index (χ3n) is 2.36. The lowest BCUT2D eigenvalue weighted by atomic mass is 10.2. The zero-order chi connectivity index (χ0) is 9.10. The number of ether oxygens (including phenoxy) is 1. The summed E-state index contributed by atoms with van der Waals surface area (Å²) in [6, 6.07) is 8.23. The summed E-state index contributed by atoms with van der Waals surface area (Å²) in [7, 11) is 0. The van der Waals surface area contributed by atoms with Crippen molar-refractivity contribution >= 4 is 5.69 Å². The van der Waals surface area contributed by atoms with Gasteiger partial charge < -0.3 is 9.64 Å². The van der Waals surface area contributed by atoms with E-state index in [0.717, 1.165) is 19.0 Å². The second-order valence-electron chi connectivity index (χ2n) is 3.36. The van der Waals surface area contributed by atoms with Gasteiger partial charge in [-0.2, -0.15) is 0 Å². The Hall–Kier alpha value is -1.18. The number of para-hydroxylation sites is 2. The van der Waals surface area contributed by atoms with E-state index in [1.54, 1.807) is 0 Å². The predicted octanol–water partition coefficient (Wildman–Crippen LogP) is 2.64. The van der Waals surface area contributed by atoms with Crippen LogP contribution in [0.25, 0.3) is 0 Å². The lowest BCUT2D eigenvalue weighted by Crippen LogP contribution is -2.22. The summed E-state index contributed by atoms with van der Waals surface area (Å²) in [5.74, 6) is 1.03. The molecule has 0 amide bonds. The lowest BCUT2D eigenvalue weighted by Gasteiger charge is -2.15. The summed E-state index contributed by atoms with van der Waals surface area (Å²) in [6.07, 6.45) is 2.47. The van der Waals surface area contributed by atoms with E-state index in [1.165, 1.54) is 18.5 Å². The Morgan fingerprint density at radius 2 is 2.23 bits per heavy atom. The van der Waals surface area contributed by atoms with Crippen LogP contribution in [0.4, 0.5) is 5.69 Å². The van der Waals surface area contributed by atoms with Crippen molar-refractivity contribution < 1.29 is 4.74 Å². The number of benzene rings is 1. The SMILES string of the molecule is CCCCN1COc2ccccc21. The standard InChI is InChI=1S/C11H15NO/c1-2-3-8-12-9-13-11-7-5-4-6-10(11)12/h4-7H,2-3,8-9H2,1H3. The van der Waals surface area contributed by atoms with Gasteiger partial charge in [0.15, 0.2) is 6.73 Å². The molecule has 0 saturated carbocycles. The van der Waals surface area contributed by atoms with E-state index < -0.39 is 0 Å². The topological polar surface area (TPSA) is 12.5 Å². The molecule has 0 fully saturated rings. The van der Waals surface area contributed by atoms with Gasteiger partial charge in [0.05, 0.1) is 5.69 Å². The van der Waals surface area contributed by atoms with E-state index in [1.807, 2.05) is 12.1 Å². The monoisotopic (exact) mass is 177 g/mol. The molecule has 0 spiro atoms. The molecule has 0 atom stereocenters. The van der Waals surface area contributed by atoms with E-state index in [-0.39, 0.29) is 0 Å². The normalized spacial score (nSPS) is 14.1. The van der Waals surface area contributed by atoms with Crippen LogP contribution in [0.1, 0.15) is 19.8 Å². The molecule has 1 aliphatic rings. The van der Waals surface area contributed by atoms with Crippen LogP contribution in [0.5, 0.6) is 5.75 Å². The van der Waals surface area contributed by atoms with E-state index >= 15 is 0 Å². The Morgan fingerprint density at radius 1 is 1.38 bits per heavy atom. The first-order valence-electron chi connectivity index (χ1n) is 4.88. The molecule has 2 nitrogen and oxygen atoms in total. The molecule has 0 aromatic heterocycles. The largest absolute Gasteiger partial charge is 0.471 e. The Balaban J connectivity index is 2.09. The summed E-state index contributed by atoms with van der Waals surface area (Å²) in [5.41, 5.74) is 1.25. The molecule has 1 aromatic carbocycles. The van der Waals surface area contributed by atoms with Crippen molar-refractivity contribution in [2.24, 2.45) is 0 Å². The first-order chi connectivity index (χ1) is 6.42. The lowest BCUT2D eigenvalue weighted by molar-refractivity contribution is 0.345. The van der Waals surface area contributed by atoms with Gasteiger partial charge in [0.2, 0.25) is 0 Å². The zero-order valence-corrected chi connectivity index (χ0v) is 7.99. The average molecular weight is 177 g/mol. The maximum absolute atomic E-state index is 5.53. The Bertz CT molecular complexity index is 285. The summed E-state index contributed by atoms with van der Waals surface area (Å²) < 4.78 is 5.53. The summed E-state index contributed by atoms with van der Waals surface area (Å²) >= 11 is 0. The molecule has 1 heterocycles. The minimum absolute atomic E-state index is 0.722. The van der Waals surface area contributed by atoms with Gasteiger partial charge in [-0.1, -0.05) is 25.5 Å². The van der Waals surface area contributed by atoms with Crippen molar-refractivity contribution in [1.82, 2.24) is 0 Å². The van der Waals surface area contributed by atoms with Crippen LogP contribution < -0.4 is 9.64 Å². The predicted molar refractivity (Wildman–Crippen MR) is 54.2 cm³/mol. The molecule has 0 radical (unpaired) electrons. The quantitative estimate of drug-likeness (QED) is 0.703. The molecule has 1 aromatic rings. The first kappa shape index (κ1) is 8.42. The molecule has 1 aliphatic heterocycles. The third kappa shape index (κ3) is 1.62. The van der Waals surface area contributed by atoms with Crippen LogP contribution >= 0.6 is 0 Å². The van der Waals surface area contributed by atoms with E-state index in [4.69, 9.17) is 4.74 Å². The van der Waals surface area contributed by atoms with Crippen LogP contribution in [0.15, 0.2) is 24.3 Å². The van der Waals surface area contributed by atoms with Crippen LogP contribution in [0.3, 0.4) is 0 Å². The summed E-state index contributed by atoms with van der Waals surface area (Å²) in [5, 5.41) is 0. The van der Waals surface area contributed by atoms with Gasteiger partial charge in [-0.3, -0.25) is 0 Å². The highest BCUT2D eigenvalue weighted by atomic mass is 16.5. The highest BCUT2D eigenvalue weighted by Gasteiger charge is 2.18.